The molecule has 0 spiro atoms. The van der Waals surface area contributed by atoms with Gasteiger partial charge in [-0.3, -0.25) is 0 Å². The molecule has 0 saturated heterocycles. The number of nitrogens with zero attached hydrogens (tertiary/aromatic N) is 2. The van der Waals surface area contributed by atoms with Crippen LogP contribution in [-0.2, 0) is 13.2 Å². The molecule has 0 fully saturated rings. The third-order valence-electron chi connectivity index (χ3n) is 2.22. The zero-order valence-corrected chi connectivity index (χ0v) is 10.2. The van der Waals surface area contributed by atoms with Crippen molar-refractivity contribution in [3.63, 3.8) is 0 Å². The van der Waals surface area contributed by atoms with Crippen molar-refractivity contribution >= 4 is 15.9 Å². The number of imidazole rings is 1. The predicted molar refractivity (Wildman–Crippen MR) is 60.2 cm³/mol. The van der Waals surface area contributed by atoms with Gasteiger partial charge in [-0.1, -0.05) is 0 Å². The molecule has 6 heteroatoms. The molecule has 0 saturated carbocycles. The summed E-state index contributed by atoms with van der Waals surface area (Å²) in [7, 11) is 0. The number of benzene rings is 1. The molecule has 1 heterocycles. The van der Waals surface area contributed by atoms with Crippen LogP contribution in [0.4, 0.5) is 13.2 Å². The molecule has 0 N–H and O–H groups in total. The summed E-state index contributed by atoms with van der Waals surface area (Å²) in [6.45, 7) is -0.560. The second-order valence-electron chi connectivity index (χ2n) is 3.52. The molecule has 2 aromatic rings. The van der Waals surface area contributed by atoms with Crippen molar-refractivity contribution in [3.8, 4) is 0 Å². The maximum atomic E-state index is 13.0. The molecule has 2 rings (SSSR count). The number of aromatic nitrogens is 2. The minimum Gasteiger partial charge on any atom is -0.327 e. The topological polar surface area (TPSA) is 17.8 Å². The van der Waals surface area contributed by atoms with Crippen LogP contribution in [0.5, 0.6) is 0 Å². The highest BCUT2D eigenvalue weighted by Gasteiger charge is 2.08. The van der Waals surface area contributed by atoms with Crippen molar-refractivity contribution in [1.29, 1.82) is 0 Å². The third kappa shape index (κ3) is 2.88. The van der Waals surface area contributed by atoms with Crippen LogP contribution in [0.2, 0.25) is 0 Å². The fraction of sp³-hybridized carbons (Fsp3) is 0.182. The van der Waals surface area contributed by atoms with Crippen molar-refractivity contribution in [2.75, 3.05) is 0 Å². The molecule has 2 nitrogen and oxygen atoms in total. The Morgan fingerprint density at radius 2 is 1.82 bits per heavy atom. The minimum absolute atomic E-state index is 0.173. The van der Waals surface area contributed by atoms with Gasteiger partial charge in [0.15, 0.2) is 0 Å². The first-order valence-corrected chi connectivity index (χ1v) is 5.60. The lowest BCUT2D eigenvalue weighted by Crippen LogP contribution is -2.03. The number of alkyl halides is 1. The van der Waals surface area contributed by atoms with Crippen LogP contribution in [0.15, 0.2) is 29.0 Å². The summed E-state index contributed by atoms with van der Waals surface area (Å²) in [5.74, 6) is -1.09. The fourth-order valence-electron chi connectivity index (χ4n) is 1.56. The minimum atomic E-state index is -0.733. The van der Waals surface area contributed by atoms with Gasteiger partial charge >= 0.3 is 0 Å². The number of hydrogen-bond donors (Lipinski definition) is 0. The van der Waals surface area contributed by atoms with Gasteiger partial charge in [0, 0.05) is 18.8 Å². The zero-order chi connectivity index (χ0) is 12.4. The Bertz CT molecular complexity index is 519. The fourth-order valence-corrected chi connectivity index (χ4v) is 2.01. The quantitative estimate of drug-likeness (QED) is 0.849. The van der Waals surface area contributed by atoms with Crippen molar-refractivity contribution < 1.29 is 13.2 Å². The monoisotopic (exact) mass is 304 g/mol. The lowest BCUT2D eigenvalue weighted by atomic mass is 10.2. The summed E-state index contributed by atoms with van der Waals surface area (Å²) in [5, 5.41) is 0. The van der Waals surface area contributed by atoms with Crippen molar-refractivity contribution in [2.24, 2.45) is 0 Å². The Balaban J connectivity index is 2.30. The van der Waals surface area contributed by atoms with E-state index < -0.39 is 18.3 Å². The summed E-state index contributed by atoms with van der Waals surface area (Å²) in [6, 6.07) is 3.21. The maximum Gasteiger partial charge on any atom is 0.147 e. The molecule has 0 atom stereocenters. The average molecular weight is 305 g/mol. The summed E-state index contributed by atoms with van der Waals surface area (Å²) in [5.41, 5.74) is 0.419. The molecular weight excluding hydrogens is 297 g/mol. The highest BCUT2D eigenvalue weighted by molar-refractivity contribution is 9.10. The van der Waals surface area contributed by atoms with Crippen LogP contribution in [0.25, 0.3) is 0 Å². The molecule has 0 aliphatic heterocycles. The van der Waals surface area contributed by atoms with Gasteiger partial charge in [0.1, 0.15) is 28.7 Å². The van der Waals surface area contributed by atoms with Crippen molar-refractivity contribution in [3.05, 3.63) is 52.0 Å². The van der Waals surface area contributed by atoms with E-state index in [0.29, 0.717) is 10.2 Å². The number of rotatable bonds is 3. The Morgan fingerprint density at radius 3 is 2.41 bits per heavy atom. The van der Waals surface area contributed by atoms with E-state index in [9.17, 15) is 13.2 Å². The lowest BCUT2D eigenvalue weighted by Gasteiger charge is -2.06. The summed E-state index contributed by atoms with van der Waals surface area (Å²) < 4.78 is 40.5. The van der Waals surface area contributed by atoms with E-state index >= 15 is 0 Å². The van der Waals surface area contributed by atoms with Crippen molar-refractivity contribution in [1.82, 2.24) is 9.55 Å². The largest absolute Gasteiger partial charge is 0.327 e. The van der Waals surface area contributed by atoms with Crippen LogP contribution in [0.3, 0.4) is 0 Å². The van der Waals surface area contributed by atoms with Crippen LogP contribution < -0.4 is 0 Å². The Labute approximate surface area is 104 Å². The smallest absolute Gasteiger partial charge is 0.147 e. The van der Waals surface area contributed by atoms with E-state index in [1.165, 1.54) is 16.7 Å². The summed E-state index contributed by atoms with van der Waals surface area (Å²) in [4.78, 5) is 3.89. The second kappa shape index (κ2) is 4.91. The van der Waals surface area contributed by atoms with E-state index in [2.05, 4.69) is 20.9 Å². The van der Waals surface area contributed by atoms with E-state index in [1.807, 2.05) is 0 Å². The first kappa shape index (κ1) is 12.2. The molecule has 0 aliphatic rings. The highest BCUT2D eigenvalue weighted by atomic mass is 79.9. The van der Waals surface area contributed by atoms with Gasteiger partial charge in [-0.05, 0) is 33.6 Å². The normalized spacial score (nSPS) is 10.8. The van der Waals surface area contributed by atoms with Gasteiger partial charge in [-0.25, -0.2) is 18.2 Å². The van der Waals surface area contributed by atoms with E-state index in [4.69, 9.17) is 0 Å². The molecule has 0 unspecified atom stereocenters. The molecule has 1 aromatic carbocycles. The Kier molecular flexibility index (Phi) is 3.51. The van der Waals surface area contributed by atoms with Crippen LogP contribution in [0, 0.1) is 11.6 Å². The van der Waals surface area contributed by atoms with E-state index in [1.54, 1.807) is 6.20 Å². The molecule has 0 bridgehead atoms. The van der Waals surface area contributed by atoms with Gasteiger partial charge in [-0.2, -0.15) is 0 Å². The van der Waals surface area contributed by atoms with Gasteiger partial charge in [-0.15, -0.1) is 0 Å². The zero-order valence-electron chi connectivity index (χ0n) is 8.63. The molecule has 0 amide bonds. The first-order chi connectivity index (χ1) is 8.08. The Morgan fingerprint density at radius 1 is 1.18 bits per heavy atom. The second-order valence-corrected chi connectivity index (χ2v) is 4.33. The molecule has 0 radical (unpaired) electrons. The average Bonchev–Trinajstić information content (AvgIpc) is 2.57. The van der Waals surface area contributed by atoms with Gasteiger partial charge < -0.3 is 4.57 Å². The maximum absolute atomic E-state index is 13.0. The van der Waals surface area contributed by atoms with E-state index in [-0.39, 0.29) is 12.4 Å². The standard InChI is InChI=1S/C11H8BrF3N2/c12-10-6-17(11(4-13)16-10)5-7-1-8(14)3-9(15)2-7/h1-3,6H,4-5H2. The van der Waals surface area contributed by atoms with Crippen molar-refractivity contribution in [2.45, 2.75) is 13.2 Å². The molecule has 17 heavy (non-hydrogen) atoms. The van der Waals surface area contributed by atoms with Crippen LogP contribution in [-0.4, -0.2) is 9.55 Å². The summed E-state index contributed by atoms with van der Waals surface area (Å²) in [6.07, 6.45) is 1.57. The highest BCUT2D eigenvalue weighted by Crippen LogP contribution is 2.15. The molecule has 90 valence electrons. The van der Waals surface area contributed by atoms with Gasteiger partial charge in [0.05, 0.1) is 0 Å². The lowest BCUT2D eigenvalue weighted by molar-refractivity contribution is 0.450. The first-order valence-electron chi connectivity index (χ1n) is 4.81. The molecule has 0 aliphatic carbocycles. The SMILES string of the molecule is FCc1nc(Br)cn1Cc1cc(F)cc(F)c1. The number of halogens is 4. The van der Waals surface area contributed by atoms with Crippen LogP contribution >= 0.6 is 15.9 Å². The van der Waals surface area contributed by atoms with Gasteiger partial charge in [0.25, 0.3) is 0 Å². The summed E-state index contributed by atoms with van der Waals surface area (Å²) >= 11 is 3.12. The Hall–Kier alpha value is -1.30. The number of hydrogen-bond acceptors (Lipinski definition) is 1. The van der Waals surface area contributed by atoms with E-state index in [0.717, 1.165) is 6.07 Å². The molecular formula is C11H8BrF3N2. The molecule has 1 aromatic heterocycles. The third-order valence-corrected chi connectivity index (χ3v) is 2.61. The van der Waals surface area contributed by atoms with Gasteiger partial charge in [0.2, 0.25) is 0 Å². The van der Waals surface area contributed by atoms with Crippen LogP contribution in [0.1, 0.15) is 11.4 Å². The predicted octanol–water partition coefficient (Wildman–Crippen LogP) is 3.44.